The fraction of sp³-hybridized carbons (Fsp3) is 0.423. The molecule has 3 aromatic rings. The minimum Gasteiger partial charge on any atom is -0.356 e. The number of hydrogen-bond donors (Lipinski definition) is 2. The Morgan fingerprint density at radius 3 is 2.52 bits per heavy atom. The van der Waals surface area contributed by atoms with E-state index in [2.05, 4.69) is 57.4 Å². The second-order valence-corrected chi connectivity index (χ2v) is 8.62. The molecule has 174 valence electrons. The number of aromatic nitrogens is 4. The summed E-state index contributed by atoms with van der Waals surface area (Å²) in [5, 5.41) is 10.6. The van der Waals surface area contributed by atoms with E-state index in [4.69, 9.17) is 9.97 Å². The average Bonchev–Trinajstić information content (AvgIpc) is 3.26. The van der Waals surface area contributed by atoms with Crippen LogP contribution in [0, 0.1) is 6.92 Å². The Labute approximate surface area is 197 Å². The van der Waals surface area contributed by atoms with Crippen LogP contribution in [-0.2, 0) is 0 Å². The molecule has 0 amide bonds. The van der Waals surface area contributed by atoms with Crippen LogP contribution in [0.1, 0.15) is 50.2 Å². The van der Waals surface area contributed by atoms with Gasteiger partial charge < -0.3 is 15.1 Å². The molecule has 1 fully saturated rings. The predicted molar refractivity (Wildman–Crippen MR) is 137 cm³/mol. The van der Waals surface area contributed by atoms with E-state index in [0.29, 0.717) is 11.9 Å². The van der Waals surface area contributed by atoms with E-state index < -0.39 is 0 Å². The van der Waals surface area contributed by atoms with Crippen molar-refractivity contribution in [2.75, 3.05) is 36.4 Å². The maximum absolute atomic E-state index is 4.89. The Morgan fingerprint density at radius 2 is 1.85 bits per heavy atom. The lowest BCUT2D eigenvalue weighted by Crippen LogP contribution is -2.45. The van der Waals surface area contributed by atoms with Crippen LogP contribution in [0.2, 0.25) is 0 Å². The average molecular weight is 446 g/mol. The zero-order valence-electron chi connectivity index (χ0n) is 20.0. The molecule has 1 aliphatic rings. The highest BCUT2D eigenvalue weighted by molar-refractivity contribution is 5.69. The Kier molecular flexibility index (Phi) is 7.73. The van der Waals surface area contributed by atoms with Crippen LogP contribution in [-0.4, -0.2) is 57.3 Å². The Balaban J connectivity index is 1.54. The highest BCUT2D eigenvalue weighted by Crippen LogP contribution is 2.25. The molecule has 0 spiro atoms. The van der Waals surface area contributed by atoms with Gasteiger partial charge >= 0.3 is 0 Å². The van der Waals surface area contributed by atoms with Crippen molar-refractivity contribution in [3.8, 4) is 0 Å². The lowest BCUT2D eigenvalue weighted by atomic mass is 10.0. The van der Waals surface area contributed by atoms with Crippen molar-refractivity contribution in [2.45, 2.75) is 46.1 Å². The Bertz CT molecular complexity index is 1040. The summed E-state index contributed by atoms with van der Waals surface area (Å²) in [7, 11) is 0. The normalized spacial score (nSPS) is 15.0. The van der Waals surface area contributed by atoms with E-state index in [1.165, 1.54) is 13.0 Å². The van der Waals surface area contributed by atoms with E-state index in [9.17, 15) is 0 Å². The molecule has 1 aromatic carbocycles. The van der Waals surface area contributed by atoms with Crippen LogP contribution in [0.15, 0.2) is 42.5 Å². The first-order chi connectivity index (χ1) is 16.1. The highest BCUT2D eigenvalue weighted by atomic mass is 15.2. The van der Waals surface area contributed by atoms with E-state index in [1.54, 1.807) is 0 Å². The number of rotatable bonds is 9. The number of H-pyrrole nitrogens is 1. The third-order valence-electron chi connectivity index (χ3n) is 6.14. The van der Waals surface area contributed by atoms with Crippen LogP contribution in [0.3, 0.4) is 0 Å². The van der Waals surface area contributed by atoms with Crippen LogP contribution < -0.4 is 10.2 Å². The van der Waals surface area contributed by atoms with Gasteiger partial charge in [0.15, 0.2) is 11.6 Å². The lowest BCUT2D eigenvalue weighted by Gasteiger charge is -2.38. The van der Waals surface area contributed by atoms with Gasteiger partial charge in [0.1, 0.15) is 11.6 Å². The second-order valence-electron chi connectivity index (χ2n) is 8.62. The standard InChI is InChI=1S/C26H35N7/c1-4-15-32(5-2)22-13-16-33(17-14-22)26-19-24(28-25-18-20(3)30-31-25)27-23(29-26)12-11-21-9-7-6-8-10-21/h6-12,18-19,22H,4-5,13-17H2,1-3H3,(H2,27,28,29,30,31)/b12-11+. The maximum atomic E-state index is 4.89. The summed E-state index contributed by atoms with van der Waals surface area (Å²) in [6.07, 6.45) is 7.56. The first-order valence-corrected chi connectivity index (χ1v) is 12.0. The van der Waals surface area contributed by atoms with Crippen molar-refractivity contribution in [2.24, 2.45) is 0 Å². The molecule has 2 aromatic heterocycles. The number of benzene rings is 1. The van der Waals surface area contributed by atoms with E-state index >= 15 is 0 Å². The maximum Gasteiger partial charge on any atom is 0.156 e. The molecule has 0 aliphatic carbocycles. The number of hydrogen-bond acceptors (Lipinski definition) is 6. The molecule has 7 heteroatoms. The molecule has 0 radical (unpaired) electrons. The largest absolute Gasteiger partial charge is 0.356 e. The molecule has 1 aliphatic heterocycles. The van der Waals surface area contributed by atoms with Crippen LogP contribution in [0.25, 0.3) is 12.2 Å². The summed E-state index contributed by atoms with van der Waals surface area (Å²) >= 11 is 0. The predicted octanol–water partition coefficient (Wildman–Crippen LogP) is 5.12. The van der Waals surface area contributed by atoms with E-state index in [-0.39, 0.29) is 0 Å². The molecule has 1 saturated heterocycles. The minimum absolute atomic E-state index is 0.662. The number of piperidine rings is 1. The third kappa shape index (κ3) is 6.20. The van der Waals surface area contributed by atoms with Crippen LogP contribution >= 0.6 is 0 Å². The summed E-state index contributed by atoms with van der Waals surface area (Å²) in [6, 6.07) is 14.9. The fourth-order valence-electron chi connectivity index (χ4n) is 4.45. The zero-order valence-corrected chi connectivity index (χ0v) is 20.0. The Morgan fingerprint density at radius 1 is 1.06 bits per heavy atom. The molecule has 4 rings (SSSR count). The molecular weight excluding hydrogens is 410 g/mol. The van der Waals surface area contributed by atoms with Gasteiger partial charge in [-0.15, -0.1) is 0 Å². The smallest absolute Gasteiger partial charge is 0.156 e. The molecule has 0 saturated carbocycles. The van der Waals surface area contributed by atoms with E-state index in [1.807, 2.05) is 43.3 Å². The topological polar surface area (TPSA) is 73.0 Å². The minimum atomic E-state index is 0.662. The quantitative estimate of drug-likeness (QED) is 0.476. The first kappa shape index (κ1) is 23.0. The van der Waals surface area contributed by atoms with Crippen molar-refractivity contribution < 1.29 is 0 Å². The van der Waals surface area contributed by atoms with Gasteiger partial charge in [-0.25, -0.2) is 9.97 Å². The van der Waals surface area contributed by atoms with Gasteiger partial charge in [0, 0.05) is 37.0 Å². The number of nitrogens with zero attached hydrogens (tertiary/aromatic N) is 5. The van der Waals surface area contributed by atoms with Gasteiger partial charge in [-0.05, 0) is 50.9 Å². The molecule has 3 heterocycles. The van der Waals surface area contributed by atoms with Gasteiger partial charge in [0.2, 0.25) is 0 Å². The van der Waals surface area contributed by atoms with Crippen molar-refractivity contribution >= 4 is 29.6 Å². The monoisotopic (exact) mass is 445 g/mol. The number of aromatic amines is 1. The molecule has 0 unspecified atom stereocenters. The number of aryl methyl sites for hydroxylation is 1. The zero-order chi connectivity index (χ0) is 23.0. The van der Waals surface area contributed by atoms with Crippen molar-refractivity contribution in [3.63, 3.8) is 0 Å². The number of anilines is 3. The highest BCUT2D eigenvalue weighted by Gasteiger charge is 2.24. The molecule has 33 heavy (non-hydrogen) atoms. The second kappa shape index (κ2) is 11.1. The Hall–Kier alpha value is -3.19. The van der Waals surface area contributed by atoms with Gasteiger partial charge in [-0.2, -0.15) is 5.10 Å². The molecule has 0 bridgehead atoms. The van der Waals surface area contributed by atoms with Crippen LogP contribution in [0.4, 0.5) is 17.5 Å². The van der Waals surface area contributed by atoms with Gasteiger partial charge in [-0.3, -0.25) is 5.10 Å². The first-order valence-electron chi connectivity index (χ1n) is 12.0. The molecule has 2 N–H and O–H groups in total. The summed E-state index contributed by atoms with van der Waals surface area (Å²) < 4.78 is 0. The summed E-state index contributed by atoms with van der Waals surface area (Å²) in [6.45, 7) is 10.8. The van der Waals surface area contributed by atoms with Gasteiger partial charge in [0.25, 0.3) is 0 Å². The van der Waals surface area contributed by atoms with Gasteiger partial charge in [-0.1, -0.05) is 50.3 Å². The molecule has 0 atom stereocenters. The van der Waals surface area contributed by atoms with Crippen molar-refractivity contribution in [3.05, 3.63) is 59.5 Å². The lowest BCUT2D eigenvalue weighted by molar-refractivity contribution is 0.177. The fourth-order valence-corrected chi connectivity index (χ4v) is 4.45. The van der Waals surface area contributed by atoms with Crippen molar-refractivity contribution in [1.29, 1.82) is 0 Å². The van der Waals surface area contributed by atoms with Crippen LogP contribution in [0.5, 0.6) is 0 Å². The number of nitrogens with one attached hydrogen (secondary N) is 2. The third-order valence-corrected chi connectivity index (χ3v) is 6.14. The summed E-state index contributed by atoms with van der Waals surface area (Å²) in [5.41, 5.74) is 2.13. The summed E-state index contributed by atoms with van der Waals surface area (Å²) in [5.74, 6) is 3.16. The SMILES string of the molecule is CCCN(CC)C1CCN(c2cc(Nc3cc(C)[nH]n3)nc(/C=C/c3ccccc3)n2)CC1. The van der Waals surface area contributed by atoms with Gasteiger partial charge in [0.05, 0.1) is 0 Å². The summed E-state index contributed by atoms with van der Waals surface area (Å²) in [4.78, 5) is 14.6. The van der Waals surface area contributed by atoms with E-state index in [0.717, 1.165) is 61.2 Å². The van der Waals surface area contributed by atoms with Crippen molar-refractivity contribution in [1.82, 2.24) is 25.1 Å². The molecule has 7 nitrogen and oxygen atoms in total. The molecular formula is C26H35N7.